The van der Waals surface area contributed by atoms with Gasteiger partial charge in [0.1, 0.15) is 0 Å². The first-order valence-corrected chi connectivity index (χ1v) is 6.17. The van der Waals surface area contributed by atoms with E-state index in [4.69, 9.17) is 10.5 Å². The quantitative estimate of drug-likeness (QED) is 0.877. The lowest BCUT2D eigenvalue weighted by molar-refractivity contribution is 0.382. The van der Waals surface area contributed by atoms with Gasteiger partial charge >= 0.3 is 0 Å². The van der Waals surface area contributed by atoms with Crippen LogP contribution in [0.25, 0.3) is 0 Å². The van der Waals surface area contributed by atoms with E-state index in [1.165, 1.54) is 20.0 Å². The minimum atomic E-state index is -0.284. The van der Waals surface area contributed by atoms with Crippen molar-refractivity contribution >= 4 is 0 Å². The number of hydrogen-bond acceptors (Lipinski definition) is 2. The van der Waals surface area contributed by atoms with Crippen LogP contribution in [0.5, 0.6) is 5.75 Å². The molecule has 1 aromatic carbocycles. The average molecular weight is 237 g/mol. The van der Waals surface area contributed by atoms with Gasteiger partial charge in [-0.3, -0.25) is 0 Å². The number of hydrogen-bond donors (Lipinski definition) is 1. The molecule has 17 heavy (non-hydrogen) atoms. The van der Waals surface area contributed by atoms with Gasteiger partial charge in [0.05, 0.1) is 7.11 Å². The number of halogens is 1. The number of aryl methyl sites for hydroxylation is 1. The van der Waals surface area contributed by atoms with Gasteiger partial charge < -0.3 is 10.5 Å². The molecule has 0 heterocycles. The average Bonchev–Trinajstić information content (AvgIpc) is 2.81. The Kier molecular flexibility index (Phi) is 3.38. The summed E-state index contributed by atoms with van der Waals surface area (Å²) in [6.07, 6.45) is 4.50. The highest BCUT2D eigenvalue weighted by atomic mass is 19.1. The zero-order valence-electron chi connectivity index (χ0n) is 10.6. The van der Waals surface area contributed by atoms with Crippen LogP contribution in [-0.2, 0) is 5.41 Å². The summed E-state index contributed by atoms with van der Waals surface area (Å²) in [5.74, 6) is 0.0317. The fourth-order valence-electron chi connectivity index (χ4n) is 3.02. The molecule has 1 aromatic rings. The first-order chi connectivity index (χ1) is 8.13. The summed E-state index contributed by atoms with van der Waals surface area (Å²) >= 11 is 0. The van der Waals surface area contributed by atoms with Crippen molar-refractivity contribution in [3.63, 3.8) is 0 Å². The Balaban J connectivity index is 2.47. The van der Waals surface area contributed by atoms with Gasteiger partial charge in [-0.25, -0.2) is 4.39 Å². The first-order valence-electron chi connectivity index (χ1n) is 6.17. The first kappa shape index (κ1) is 12.4. The maximum Gasteiger partial charge on any atom is 0.165 e. The fourth-order valence-corrected chi connectivity index (χ4v) is 3.02. The van der Waals surface area contributed by atoms with Crippen LogP contribution in [0.4, 0.5) is 4.39 Å². The molecule has 1 aliphatic carbocycles. The third kappa shape index (κ3) is 2.04. The predicted molar refractivity (Wildman–Crippen MR) is 66.9 cm³/mol. The van der Waals surface area contributed by atoms with Crippen molar-refractivity contribution in [2.45, 2.75) is 38.0 Å². The van der Waals surface area contributed by atoms with Crippen LogP contribution in [0.15, 0.2) is 12.1 Å². The maximum absolute atomic E-state index is 13.8. The molecule has 1 aliphatic rings. The van der Waals surface area contributed by atoms with E-state index >= 15 is 0 Å². The van der Waals surface area contributed by atoms with Gasteiger partial charge in [-0.1, -0.05) is 12.8 Å². The molecule has 0 radical (unpaired) electrons. The summed E-state index contributed by atoms with van der Waals surface area (Å²) in [5, 5.41) is 0. The number of rotatable bonds is 3. The molecule has 0 amide bonds. The summed E-state index contributed by atoms with van der Waals surface area (Å²) in [4.78, 5) is 0. The summed E-state index contributed by atoms with van der Waals surface area (Å²) in [7, 11) is 1.49. The number of nitrogens with two attached hydrogens (primary N) is 1. The molecule has 0 saturated heterocycles. The van der Waals surface area contributed by atoms with Gasteiger partial charge in [0, 0.05) is 12.0 Å². The molecule has 0 aliphatic heterocycles. The molecule has 0 bridgehead atoms. The highest BCUT2D eigenvalue weighted by Crippen LogP contribution is 2.42. The highest BCUT2D eigenvalue weighted by molar-refractivity contribution is 5.41. The van der Waals surface area contributed by atoms with Gasteiger partial charge in [-0.15, -0.1) is 0 Å². The van der Waals surface area contributed by atoms with Crippen LogP contribution in [-0.4, -0.2) is 13.7 Å². The molecular formula is C14H20FNO. The van der Waals surface area contributed by atoms with E-state index in [-0.39, 0.29) is 11.2 Å². The lowest BCUT2D eigenvalue weighted by Gasteiger charge is -2.30. The molecule has 0 atom stereocenters. The lowest BCUT2D eigenvalue weighted by atomic mass is 9.77. The van der Waals surface area contributed by atoms with Crippen LogP contribution in [0.3, 0.4) is 0 Å². The molecule has 0 spiro atoms. The van der Waals surface area contributed by atoms with E-state index < -0.39 is 0 Å². The second-order valence-electron chi connectivity index (χ2n) is 4.99. The Morgan fingerprint density at radius 1 is 1.35 bits per heavy atom. The van der Waals surface area contributed by atoms with Crippen LogP contribution in [0.1, 0.15) is 36.8 Å². The van der Waals surface area contributed by atoms with Gasteiger partial charge in [-0.2, -0.15) is 0 Å². The van der Waals surface area contributed by atoms with Crippen LogP contribution < -0.4 is 10.5 Å². The van der Waals surface area contributed by atoms with Gasteiger partial charge in [0.15, 0.2) is 11.6 Å². The smallest absolute Gasteiger partial charge is 0.165 e. The largest absolute Gasteiger partial charge is 0.494 e. The van der Waals surface area contributed by atoms with Crippen molar-refractivity contribution < 1.29 is 9.13 Å². The number of ether oxygens (including phenoxy) is 1. The Morgan fingerprint density at radius 2 is 2.00 bits per heavy atom. The van der Waals surface area contributed by atoms with Crippen molar-refractivity contribution in [2.75, 3.05) is 13.7 Å². The molecule has 2 N–H and O–H groups in total. The number of methoxy groups -OCH3 is 1. The second-order valence-corrected chi connectivity index (χ2v) is 4.99. The molecule has 0 aromatic heterocycles. The summed E-state index contributed by atoms with van der Waals surface area (Å²) in [6.45, 7) is 2.60. The molecule has 1 fully saturated rings. The van der Waals surface area contributed by atoms with E-state index in [0.717, 1.165) is 24.0 Å². The van der Waals surface area contributed by atoms with E-state index in [2.05, 4.69) is 0 Å². The third-order valence-electron chi connectivity index (χ3n) is 4.02. The molecule has 94 valence electrons. The van der Waals surface area contributed by atoms with Crippen molar-refractivity contribution in [3.8, 4) is 5.75 Å². The van der Waals surface area contributed by atoms with Crippen LogP contribution >= 0.6 is 0 Å². The standard InChI is InChI=1S/C14H20FNO/c1-10-7-13(17-2)12(15)8-11(10)14(9-16)5-3-4-6-14/h7-8H,3-6,9,16H2,1-2H3. The van der Waals surface area contributed by atoms with E-state index in [1.54, 1.807) is 12.1 Å². The zero-order valence-corrected chi connectivity index (χ0v) is 10.6. The van der Waals surface area contributed by atoms with Gasteiger partial charge in [-0.05, 0) is 43.0 Å². The fraction of sp³-hybridized carbons (Fsp3) is 0.571. The SMILES string of the molecule is COc1cc(C)c(C2(CN)CCCC2)cc1F. The normalized spacial score (nSPS) is 18.4. The minimum absolute atomic E-state index is 0.0167. The topological polar surface area (TPSA) is 35.2 Å². The van der Waals surface area contributed by atoms with Gasteiger partial charge in [0.25, 0.3) is 0 Å². The molecule has 3 heteroatoms. The van der Waals surface area contributed by atoms with Crippen LogP contribution in [0.2, 0.25) is 0 Å². The summed E-state index contributed by atoms with van der Waals surface area (Å²) < 4.78 is 18.8. The molecule has 2 nitrogen and oxygen atoms in total. The Bertz CT molecular complexity index is 411. The van der Waals surface area contributed by atoms with E-state index in [0.29, 0.717) is 12.3 Å². The minimum Gasteiger partial charge on any atom is -0.494 e. The van der Waals surface area contributed by atoms with Crippen LogP contribution in [0, 0.1) is 12.7 Å². The molecule has 0 unspecified atom stereocenters. The zero-order chi connectivity index (χ0) is 12.5. The lowest BCUT2D eigenvalue weighted by Crippen LogP contribution is -2.33. The summed E-state index contributed by atoms with van der Waals surface area (Å²) in [5.41, 5.74) is 8.06. The van der Waals surface area contributed by atoms with Crippen molar-refractivity contribution in [2.24, 2.45) is 5.73 Å². The predicted octanol–water partition coefficient (Wildman–Crippen LogP) is 2.91. The maximum atomic E-state index is 13.8. The molecule has 2 rings (SSSR count). The number of benzene rings is 1. The molecule has 1 saturated carbocycles. The Morgan fingerprint density at radius 3 is 2.53 bits per heavy atom. The van der Waals surface area contributed by atoms with E-state index in [9.17, 15) is 4.39 Å². The van der Waals surface area contributed by atoms with E-state index in [1.807, 2.05) is 6.92 Å². The Hall–Kier alpha value is -1.09. The van der Waals surface area contributed by atoms with Gasteiger partial charge in [0.2, 0.25) is 0 Å². The van der Waals surface area contributed by atoms with Crippen molar-refractivity contribution in [1.29, 1.82) is 0 Å². The highest BCUT2D eigenvalue weighted by Gasteiger charge is 2.35. The Labute approximate surface area is 102 Å². The monoisotopic (exact) mass is 237 g/mol. The van der Waals surface area contributed by atoms with Crippen molar-refractivity contribution in [1.82, 2.24) is 0 Å². The molecular weight excluding hydrogens is 217 g/mol. The second kappa shape index (κ2) is 4.65. The third-order valence-corrected chi connectivity index (χ3v) is 4.02. The summed E-state index contributed by atoms with van der Waals surface area (Å²) in [6, 6.07) is 3.40. The van der Waals surface area contributed by atoms with Crippen molar-refractivity contribution in [3.05, 3.63) is 29.1 Å².